The van der Waals surface area contributed by atoms with E-state index in [4.69, 9.17) is 4.74 Å². The summed E-state index contributed by atoms with van der Waals surface area (Å²) in [7, 11) is -2.65. The lowest BCUT2D eigenvalue weighted by Gasteiger charge is -2.15. The summed E-state index contributed by atoms with van der Waals surface area (Å²) >= 11 is 0. The van der Waals surface area contributed by atoms with Gasteiger partial charge in [-0.25, -0.2) is 8.42 Å². The molecule has 1 unspecified atom stereocenters. The van der Waals surface area contributed by atoms with Crippen LogP contribution < -0.4 is 24.8 Å². The molecule has 2 aromatic rings. The zero-order valence-electron chi connectivity index (χ0n) is 18.2. The van der Waals surface area contributed by atoms with Crippen LogP contribution >= 0.6 is 0 Å². The van der Waals surface area contributed by atoms with Crippen LogP contribution in [0.15, 0.2) is 47.4 Å². The maximum Gasteiger partial charge on any atom is 0.387 e. The van der Waals surface area contributed by atoms with Crippen molar-refractivity contribution < 1.29 is 36.3 Å². The van der Waals surface area contributed by atoms with Gasteiger partial charge in [-0.3, -0.25) is 9.59 Å². The largest absolute Gasteiger partial charge is 0.493 e. The van der Waals surface area contributed by atoms with Gasteiger partial charge in [0, 0.05) is 19.2 Å². The number of alkyl halides is 2. The Morgan fingerprint density at radius 2 is 1.73 bits per heavy atom. The van der Waals surface area contributed by atoms with Crippen molar-refractivity contribution >= 4 is 27.5 Å². The molecule has 9 nitrogen and oxygen atoms in total. The van der Waals surface area contributed by atoms with Crippen LogP contribution in [-0.2, 0) is 26.0 Å². The lowest BCUT2D eigenvalue weighted by Crippen LogP contribution is -2.45. The van der Waals surface area contributed by atoms with Crippen molar-refractivity contribution in [3.05, 3.63) is 48.0 Å². The number of hydrogen-bond donors (Lipinski definition) is 3. The molecule has 2 aromatic carbocycles. The Labute approximate surface area is 190 Å². The number of ether oxygens (including phenoxy) is 2. The highest BCUT2D eigenvalue weighted by atomic mass is 32.2. The molecular formula is C21H25F2N3O6S. The molecule has 0 aromatic heterocycles. The van der Waals surface area contributed by atoms with Gasteiger partial charge in [-0.05, 0) is 55.3 Å². The first-order valence-electron chi connectivity index (χ1n) is 9.81. The molecule has 0 heterocycles. The van der Waals surface area contributed by atoms with Gasteiger partial charge in [-0.2, -0.15) is 13.5 Å². The molecule has 180 valence electrons. The Hall–Kier alpha value is -3.25. The van der Waals surface area contributed by atoms with Crippen molar-refractivity contribution in [1.29, 1.82) is 0 Å². The van der Waals surface area contributed by atoms with E-state index >= 15 is 0 Å². The predicted molar refractivity (Wildman–Crippen MR) is 117 cm³/mol. The van der Waals surface area contributed by atoms with E-state index in [2.05, 4.69) is 20.1 Å². The van der Waals surface area contributed by atoms with Crippen molar-refractivity contribution in [1.82, 2.24) is 10.0 Å². The number of amides is 2. The average molecular weight is 486 g/mol. The molecule has 33 heavy (non-hydrogen) atoms. The smallest absolute Gasteiger partial charge is 0.387 e. The van der Waals surface area contributed by atoms with Gasteiger partial charge < -0.3 is 20.1 Å². The summed E-state index contributed by atoms with van der Waals surface area (Å²) in [6.07, 6.45) is 0.348. The quantitative estimate of drug-likeness (QED) is 0.449. The van der Waals surface area contributed by atoms with Crippen molar-refractivity contribution in [2.45, 2.75) is 37.8 Å². The molecule has 3 N–H and O–H groups in total. The second-order valence-electron chi connectivity index (χ2n) is 6.95. The third kappa shape index (κ3) is 7.99. The van der Waals surface area contributed by atoms with Gasteiger partial charge in [0.05, 0.1) is 18.0 Å². The number of benzene rings is 2. The first-order valence-corrected chi connectivity index (χ1v) is 11.3. The second kappa shape index (κ2) is 11.6. The number of sulfonamides is 1. The maximum absolute atomic E-state index is 12.5. The summed E-state index contributed by atoms with van der Waals surface area (Å²) in [5, 5.41) is 5.15. The zero-order chi connectivity index (χ0) is 24.6. The van der Waals surface area contributed by atoms with Gasteiger partial charge in [0.1, 0.15) is 0 Å². The van der Waals surface area contributed by atoms with E-state index in [1.165, 1.54) is 57.4 Å². The SMILES string of the molecule is COc1cc(CCNC(=O)C(C)NS(=O)(=O)c2ccc(NC(C)=O)cc2)ccc1OC(F)F. The van der Waals surface area contributed by atoms with E-state index in [9.17, 15) is 26.8 Å². The van der Waals surface area contributed by atoms with Crippen LogP contribution in [-0.4, -0.2) is 46.5 Å². The van der Waals surface area contributed by atoms with Gasteiger partial charge in [0.15, 0.2) is 11.5 Å². The van der Waals surface area contributed by atoms with Gasteiger partial charge in [0.25, 0.3) is 0 Å². The van der Waals surface area contributed by atoms with E-state index in [0.717, 1.165) is 0 Å². The standard InChI is InChI=1S/C21H25F2N3O6S/c1-13(26-33(29,30)17-7-5-16(6-8-17)25-14(2)27)20(28)24-11-10-15-4-9-18(32-21(22)23)19(12-15)31-3/h4-9,12-13,21,26H,10-11H2,1-3H3,(H,24,28)(H,25,27). The number of nitrogens with one attached hydrogen (secondary N) is 3. The summed E-state index contributed by atoms with van der Waals surface area (Å²) in [6, 6.07) is 8.86. The first-order chi connectivity index (χ1) is 15.5. The average Bonchev–Trinajstić information content (AvgIpc) is 2.73. The third-order valence-electron chi connectivity index (χ3n) is 4.37. The fraction of sp³-hybridized carbons (Fsp3) is 0.333. The fourth-order valence-corrected chi connectivity index (χ4v) is 4.02. The van der Waals surface area contributed by atoms with E-state index in [1.807, 2.05) is 0 Å². The Balaban J connectivity index is 1.90. The van der Waals surface area contributed by atoms with Crippen LogP contribution in [0.25, 0.3) is 0 Å². The van der Waals surface area contributed by atoms with Gasteiger partial charge >= 0.3 is 6.61 Å². The summed E-state index contributed by atoms with van der Waals surface area (Å²) in [6.45, 7) is -0.0728. The van der Waals surface area contributed by atoms with Crippen LogP contribution in [0.4, 0.5) is 14.5 Å². The number of hydrogen-bond acceptors (Lipinski definition) is 6. The molecule has 0 fully saturated rings. The minimum Gasteiger partial charge on any atom is -0.493 e. The van der Waals surface area contributed by atoms with E-state index in [0.29, 0.717) is 17.7 Å². The molecule has 0 aliphatic heterocycles. The van der Waals surface area contributed by atoms with Crippen molar-refractivity contribution in [2.24, 2.45) is 0 Å². The van der Waals surface area contributed by atoms with E-state index in [-0.39, 0.29) is 28.8 Å². The van der Waals surface area contributed by atoms with Crippen LogP contribution in [0.3, 0.4) is 0 Å². The number of rotatable bonds is 11. The van der Waals surface area contributed by atoms with Gasteiger partial charge in [-0.15, -0.1) is 0 Å². The lowest BCUT2D eigenvalue weighted by atomic mass is 10.1. The van der Waals surface area contributed by atoms with Gasteiger partial charge in [-0.1, -0.05) is 6.07 Å². The molecule has 0 radical (unpaired) electrons. The molecule has 2 amide bonds. The molecule has 0 saturated heterocycles. The molecule has 0 aliphatic carbocycles. The normalized spacial score (nSPS) is 12.2. The Morgan fingerprint density at radius 1 is 1.06 bits per heavy atom. The lowest BCUT2D eigenvalue weighted by molar-refractivity contribution is -0.122. The predicted octanol–water partition coefficient (Wildman–Crippen LogP) is 2.28. The van der Waals surface area contributed by atoms with Crippen LogP contribution in [0, 0.1) is 0 Å². The summed E-state index contributed by atoms with van der Waals surface area (Å²) in [5.74, 6) is -0.804. The Bertz CT molecular complexity index is 1080. The van der Waals surface area contributed by atoms with Crippen LogP contribution in [0.2, 0.25) is 0 Å². The molecule has 2 rings (SSSR count). The first kappa shape index (κ1) is 26.0. The summed E-state index contributed by atoms with van der Waals surface area (Å²) in [5.41, 5.74) is 1.14. The second-order valence-corrected chi connectivity index (χ2v) is 8.67. The zero-order valence-corrected chi connectivity index (χ0v) is 19.0. The van der Waals surface area contributed by atoms with E-state index in [1.54, 1.807) is 6.07 Å². The van der Waals surface area contributed by atoms with Crippen molar-refractivity contribution in [2.75, 3.05) is 19.0 Å². The minimum absolute atomic E-state index is 0.0607. The highest BCUT2D eigenvalue weighted by Gasteiger charge is 2.22. The molecule has 12 heteroatoms. The Morgan fingerprint density at radius 3 is 2.30 bits per heavy atom. The highest BCUT2D eigenvalue weighted by molar-refractivity contribution is 7.89. The molecule has 0 bridgehead atoms. The molecular weight excluding hydrogens is 460 g/mol. The van der Waals surface area contributed by atoms with Crippen molar-refractivity contribution in [3.8, 4) is 11.5 Å². The third-order valence-corrected chi connectivity index (χ3v) is 5.92. The molecule has 0 saturated carbocycles. The van der Waals surface area contributed by atoms with E-state index < -0.39 is 28.6 Å². The molecule has 0 aliphatic rings. The number of carbonyl (C=O) groups excluding carboxylic acids is 2. The Kier molecular flexibility index (Phi) is 9.12. The monoisotopic (exact) mass is 485 g/mol. The number of anilines is 1. The van der Waals surface area contributed by atoms with Gasteiger partial charge in [0.2, 0.25) is 21.8 Å². The number of carbonyl (C=O) groups is 2. The fourth-order valence-electron chi connectivity index (χ4n) is 2.82. The minimum atomic E-state index is -3.97. The topological polar surface area (TPSA) is 123 Å². The summed E-state index contributed by atoms with van der Waals surface area (Å²) < 4.78 is 61.5. The number of methoxy groups -OCH3 is 1. The summed E-state index contributed by atoms with van der Waals surface area (Å²) in [4.78, 5) is 23.3. The van der Waals surface area contributed by atoms with Crippen LogP contribution in [0.1, 0.15) is 19.4 Å². The van der Waals surface area contributed by atoms with Crippen LogP contribution in [0.5, 0.6) is 11.5 Å². The molecule has 0 spiro atoms. The number of halogens is 2. The maximum atomic E-state index is 12.5. The highest BCUT2D eigenvalue weighted by Crippen LogP contribution is 2.29. The van der Waals surface area contributed by atoms with Crippen molar-refractivity contribution in [3.63, 3.8) is 0 Å². The molecule has 1 atom stereocenters.